The van der Waals surface area contributed by atoms with Gasteiger partial charge in [0.05, 0.1) is 27.0 Å². The number of anilines is 1. The monoisotopic (exact) mass is 509 g/mol. The summed E-state index contributed by atoms with van der Waals surface area (Å²) in [4.78, 5) is 23.9. The molecule has 0 aromatic heterocycles. The van der Waals surface area contributed by atoms with Gasteiger partial charge in [0.2, 0.25) is 0 Å². The summed E-state index contributed by atoms with van der Waals surface area (Å²) >= 11 is 24.0. The Balaban J connectivity index is 1.53. The van der Waals surface area contributed by atoms with Gasteiger partial charge in [-0.25, -0.2) is 5.43 Å². The second-order valence-electron chi connectivity index (χ2n) is 6.36. The Labute approximate surface area is 204 Å². The molecule has 3 aromatic rings. The molecule has 10 heteroatoms. The van der Waals surface area contributed by atoms with Crippen molar-refractivity contribution in [3.63, 3.8) is 0 Å². The maximum atomic E-state index is 12.0. The summed E-state index contributed by atoms with van der Waals surface area (Å²) in [5.41, 5.74) is 3.87. The molecule has 0 spiro atoms. The SMILES string of the molecule is O=C(N/N=C\c1ccc(OCc2ccc(Cl)cc2)c(Cl)c1)C(=O)Nc1cccc(Cl)c1Cl. The van der Waals surface area contributed by atoms with Crippen LogP contribution in [0.3, 0.4) is 0 Å². The predicted octanol–water partition coefficient (Wildman–Crippen LogP) is 5.97. The van der Waals surface area contributed by atoms with Crippen molar-refractivity contribution < 1.29 is 14.3 Å². The molecule has 0 aliphatic carbocycles. The van der Waals surface area contributed by atoms with Crippen LogP contribution in [0.5, 0.6) is 5.75 Å². The van der Waals surface area contributed by atoms with Crippen LogP contribution in [0, 0.1) is 0 Å². The van der Waals surface area contributed by atoms with Crippen molar-refractivity contribution in [3.05, 3.63) is 91.9 Å². The van der Waals surface area contributed by atoms with E-state index in [4.69, 9.17) is 51.1 Å². The van der Waals surface area contributed by atoms with Crippen molar-refractivity contribution in [2.24, 2.45) is 5.10 Å². The van der Waals surface area contributed by atoms with E-state index in [1.165, 1.54) is 12.3 Å². The third kappa shape index (κ3) is 6.61. The van der Waals surface area contributed by atoms with E-state index < -0.39 is 11.8 Å². The lowest BCUT2D eigenvalue weighted by atomic mass is 10.2. The molecular formula is C22H15Cl4N3O3. The largest absolute Gasteiger partial charge is 0.487 e. The van der Waals surface area contributed by atoms with Crippen molar-refractivity contribution in [1.29, 1.82) is 0 Å². The molecule has 3 rings (SSSR count). The summed E-state index contributed by atoms with van der Waals surface area (Å²) in [5.74, 6) is -1.44. The normalized spacial score (nSPS) is 10.8. The van der Waals surface area contributed by atoms with E-state index in [0.717, 1.165) is 5.56 Å². The molecule has 0 aliphatic rings. The summed E-state index contributed by atoms with van der Waals surface area (Å²) in [6, 6.07) is 16.9. The standard InChI is InChI=1S/C22H15Cl4N3O3/c23-15-7-4-13(5-8-15)12-32-19-9-6-14(10-17(19)25)11-27-29-22(31)21(30)28-18-3-1-2-16(24)20(18)26/h1-11H,12H2,(H,28,30)(H,29,31)/b27-11-. The third-order valence-electron chi connectivity index (χ3n) is 4.05. The van der Waals surface area contributed by atoms with Crippen LogP contribution in [0.25, 0.3) is 0 Å². The number of carbonyl (C=O) groups excluding carboxylic acids is 2. The Morgan fingerprint density at radius 2 is 1.66 bits per heavy atom. The molecule has 2 N–H and O–H groups in total. The van der Waals surface area contributed by atoms with Gasteiger partial charge in [0.15, 0.2) is 0 Å². The number of hydrazone groups is 1. The number of ether oxygens (including phenoxy) is 1. The molecule has 0 radical (unpaired) electrons. The fraction of sp³-hybridized carbons (Fsp3) is 0.0455. The van der Waals surface area contributed by atoms with E-state index in [1.807, 2.05) is 12.1 Å². The Morgan fingerprint density at radius 1 is 0.906 bits per heavy atom. The molecule has 0 bridgehead atoms. The van der Waals surface area contributed by atoms with Crippen LogP contribution >= 0.6 is 46.4 Å². The maximum absolute atomic E-state index is 12.0. The van der Waals surface area contributed by atoms with Crippen LogP contribution in [0.2, 0.25) is 20.1 Å². The Morgan fingerprint density at radius 3 is 2.38 bits per heavy atom. The van der Waals surface area contributed by atoms with Gasteiger partial charge in [0.1, 0.15) is 12.4 Å². The van der Waals surface area contributed by atoms with Crippen LogP contribution in [0.15, 0.2) is 65.8 Å². The lowest BCUT2D eigenvalue weighted by Crippen LogP contribution is -2.32. The Hall–Kier alpha value is -2.77. The summed E-state index contributed by atoms with van der Waals surface area (Å²) in [7, 11) is 0. The fourth-order valence-electron chi connectivity index (χ4n) is 2.45. The van der Waals surface area contributed by atoms with Crippen LogP contribution in [-0.2, 0) is 16.2 Å². The zero-order chi connectivity index (χ0) is 23.1. The van der Waals surface area contributed by atoms with E-state index in [2.05, 4.69) is 15.8 Å². The second-order valence-corrected chi connectivity index (χ2v) is 7.99. The molecular weight excluding hydrogens is 496 g/mol. The predicted molar refractivity (Wildman–Crippen MR) is 128 cm³/mol. The number of hydrogen-bond acceptors (Lipinski definition) is 4. The van der Waals surface area contributed by atoms with Gasteiger partial charge in [0, 0.05) is 5.02 Å². The van der Waals surface area contributed by atoms with Gasteiger partial charge in [0.25, 0.3) is 0 Å². The Bertz CT molecular complexity index is 1170. The second kappa shape index (κ2) is 11.2. The number of benzene rings is 3. The first-order valence-electron chi connectivity index (χ1n) is 9.08. The average molecular weight is 511 g/mol. The van der Waals surface area contributed by atoms with Gasteiger partial charge in [-0.05, 0) is 53.6 Å². The van der Waals surface area contributed by atoms with Crippen LogP contribution < -0.4 is 15.5 Å². The van der Waals surface area contributed by atoms with Gasteiger partial charge in [-0.2, -0.15) is 5.10 Å². The summed E-state index contributed by atoms with van der Waals surface area (Å²) < 4.78 is 5.70. The average Bonchev–Trinajstić information content (AvgIpc) is 2.77. The lowest BCUT2D eigenvalue weighted by Gasteiger charge is -2.09. The topological polar surface area (TPSA) is 79.8 Å². The molecule has 6 nitrogen and oxygen atoms in total. The van der Waals surface area contributed by atoms with E-state index in [-0.39, 0.29) is 15.7 Å². The van der Waals surface area contributed by atoms with Crippen molar-refractivity contribution in [2.75, 3.05) is 5.32 Å². The van der Waals surface area contributed by atoms with Crippen molar-refractivity contribution >= 4 is 70.1 Å². The van der Waals surface area contributed by atoms with Crippen LogP contribution in [0.1, 0.15) is 11.1 Å². The van der Waals surface area contributed by atoms with Gasteiger partial charge in [-0.15, -0.1) is 0 Å². The molecule has 2 amide bonds. The first kappa shape index (κ1) is 23.9. The van der Waals surface area contributed by atoms with Gasteiger partial charge in [-0.3, -0.25) is 9.59 Å². The van der Waals surface area contributed by atoms with E-state index >= 15 is 0 Å². The third-order valence-corrected chi connectivity index (χ3v) is 5.42. The first-order valence-corrected chi connectivity index (χ1v) is 10.6. The van der Waals surface area contributed by atoms with Crippen LogP contribution in [-0.4, -0.2) is 18.0 Å². The Kier molecular flexibility index (Phi) is 8.36. The number of amides is 2. The number of nitrogens with one attached hydrogen (secondary N) is 2. The fourth-order valence-corrected chi connectivity index (χ4v) is 3.17. The molecule has 0 atom stereocenters. The summed E-state index contributed by atoms with van der Waals surface area (Å²) in [6.45, 7) is 0.326. The highest BCUT2D eigenvalue weighted by Gasteiger charge is 2.15. The quantitative estimate of drug-likeness (QED) is 0.243. The molecule has 0 fully saturated rings. The molecule has 3 aromatic carbocycles. The highest BCUT2D eigenvalue weighted by atomic mass is 35.5. The molecule has 0 saturated carbocycles. The lowest BCUT2D eigenvalue weighted by molar-refractivity contribution is -0.136. The number of hydrogen-bond donors (Lipinski definition) is 2. The minimum atomic E-state index is -0.980. The minimum absolute atomic E-state index is 0.131. The van der Waals surface area contributed by atoms with E-state index in [1.54, 1.807) is 42.5 Å². The molecule has 164 valence electrons. The first-order chi connectivity index (χ1) is 15.3. The smallest absolute Gasteiger partial charge is 0.329 e. The number of nitrogens with zero attached hydrogens (tertiary/aromatic N) is 1. The van der Waals surface area contributed by atoms with E-state index in [0.29, 0.717) is 28.0 Å². The van der Waals surface area contributed by atoms with Gasteiger partial charge in [-0.1, -0.05) is 64.6 Å². The van der Waals surface area contributed by atoms with Crippen molar-refractivity contribution in [3.8, 4) is 5.75 Å². The van der Waals surface area contributed by atoms with E-state index in [9.17, 15) is 9.59 Å². The summed E-state index contributed by atoms with van der Waals surface area (Å²) in [5, 5.41) is 7.51. The molecule has 0 unspecified atom stereocenters. The number of rotatable bonds is 6. The van der Waals surface area contributed by atoms with Gasteiger partial charge >= 0.3 is 11.8 Å². The molecule has 32 heavy (non-hydrogen) atoms. The van der Waals surface area contributed by atoms with Crippen molar-refractivity contribution in [2.45, 2.75) is 6.61 Å². The molecule has 0 saturated heterocycles. The highest BCUT2D eigenvalue weighted by molar-refractivity contribution is 6.45. The minimum Gasteiger partial charge on any atom is -0.487 e. The van der Waals surface area contributed by atoms with Crippen molar-refractivity contribution in [1.82, 2.24) is 5.43 Å². The molecule has 0 aliphatic heterocycles. The molecule has 0 heterocycles. The zero-order valence-corrected chi connectivity index (χ0v) is 19.3. The highest BCUT2D eigenvalue weighted by Crippen LogP contribution is 2.29. The van der Waals surface area contributed by atoms with Crippen LogP contribution in [0.4, 0.5) is 5.69 Å². The zero-order valence-electron chi connectivity index (χ0n) is 16.2. The summed E-state index contributed by atoms with van der Waals surface area (Å²) in [6.07, 6.45) is 1.34. The number of carbonyl (C=O) groups is 2. The maximum Gasteiger partial charge on any atom is 0.329 e. The van der Waals surface area contributed by atoms with Gasteiger partial charge < -0.3 is 10.1 Å². The number of halogens is 4.